The number of amidine groups is 1. The summed E-state index contributed by atoms with van der Waals surface area (Å²) in [5.74, 6) is 0.190. The van der Waals surface area contributed by atoms with E-state index in [9.17, 15) is 9.90 Å². The molecule has 2 fully saturated rings. The molecule has 4 rings (SSSR count). The van der Waals surface area contributed by atoms with Crippen molar-refractivity contribution in [2.24, 2.45) is 4.99 Å². The van der Waals surface area contributed by atoms with Crippen LogP contribution >= 0.6 is 34.4 Å². The van der Waals surface area contributed by atoms with Gasteiger partial charge >= 0.3 is 0 Å². The van der Waals surface area contributed by atoms with Gasteiger partial charge < -0.3 is 14.7 Å². The maximum absolute atomic E-state index is 12.8. The van der Waals surface area contributed by atoms with Crippen LogP contribution in [0.1, 0.15) is 12.5 Å². The van der Waals surface area contributed by atoms with Crippen molar-refractivity contribution in [1.82, 2.24) is 4.90 Å². The first-order valence-electron chi connectivity index (χ1n) is 9.76. The number of aliphatic imine (C=N–C) groups is 1. The van der Waals surface area contributed by atoms with Gasteiger partial charge in [0.1, 0.15) is 5.75 Å². The molecule has 0 aliphatic carbocycles. The van der Waals surface area contributed by atoms with Gasteiger partial charge in [-0.15, -0.1) is 0 Å². The lowest BCUT2D eigenvalue weighted by atomic mass is 10.2. The summed E-state index contributed by atoms with van der Waals surface area (Å²) in [6, 6.07) is 13.4. The van der Waals surface area contributed by atoms with Gasteiger partial charge in [0.15, 0.2) is 5.17 Å². The Morgan fingerprint density at radius 1 is 1.20 bits per heavy atom. The van der Waals surface area contributed by atoms with Gasteiger partial charge in [0.2, 0.25) is 0 Å². The van der Waals surface area contributed by atoms with E-state index in [2.05, 4.69) is 39.6 Å². The summed E-state index contributed by atoms with van der Waals surface area (Å²) in [4.78, 5) is 22.2. The van der Waals surface area contributed by atoms with Crippen LogP contribution in [0.15, 0.2) is 52.4 Å². The molecule has 0 unspecified atom stereocenters. The molecule has 0 spiro atoms. The summed E-state index contributed by atoms with van der Waals surface area (Å²) >= 11 is 3.45. The number of hydrogen-bond donors (Lipinski definition) is 1. The number of anilines is 1. The Bertz CT molecular complexity index is 1000. The van der Waals surface area contributed by atoms with Gasteiger partial charge in [-0.25, -0.2) is 4.99 Å². The van der Waals surface area contributed by atoms with E-state index in [1.54, 1.807) is 17.0 Å². The topological polar surface area (TPSA) is 65.4 Å². The molecule has 0 atom stereocenters. The first kappa shape index (κ1) is 21.2. The molecule has 2 saturated heterocycles. The summed E-state index contributed by atoms with van der Waals surface area (Å²) in [6.07, 6.45) is 1.85. The van der Waals surface area contributed by atoms with E-state index in [4.69, 9.17) is 9.73 Å². The van der Waals surface area contributed by atoms with Gasteiger partial charge in [0.25, 0.3) is 5.91 Å². The number of carbonyl (C=O) groups is 1. The number of hydrogen-bond acceptors (Lipinski definition) is 6. The van der Waals surface area contributed by atoms with E-state index in [0.717, 1.165) is 46.8 Å². The SMILES string of the molecule is CCN1C(=O)/C(=C/c2ccc(O)c(I)c2)SC1=Nc1ccc(N2CCOCC2)cc1. The largest absolute Gasteiger partial charge is 0.507 e. The Hall–Kier alpha value is -2.04. The standard InChI is InChI=1S/C22H22IN3O3S/c1-2-26-21(28)20(14-15-3-8-19(27)18(23)13-15)30-22(26)24-16-4-6-17(7-5-16)25-9-11-29-12-10-25/h3-8,13-14,27H,2,9-12H2,1H3/b20-14-,24-22?. The van der Waals surface area contributed by atoms with Crippen LogP contribution in [0.3, 0.4) is 0 Å². The van der Waals surface area contributed by atoms with E-state index in [-0.39, 0.29) is 11.7 Å². The molecule has 2 aliphatic rings. The second-order valence-electron chi connectivity index (χ2n) is 6.88. The lowest BCUT2D eigenvalue weighted by molar-refractivity contribution is -0.122. The summed E-state index contributed by atoms with van der Waals surface area (Å²) in [7, 11) is 0. The zero-order valence-corrected chi connectivity index (χ0v) is 19.5. The van der Waals surface area contributed by atoms with Crippen molar-refractivity contribution in [3.63, 3.8) is 0 Å². The van der Waals surface area contributed by atoms with E-state index in [1.165, 1.54) is 11.8 Å². The number of aromatic hydroxyl groups is 1. The monoisotopic (exact) mass is 535 g/mol. The minimum atomic E-state index is -0.0470. The number of nitrogens with zero attached hydrogens (tertiary/aromatic N) is 3. The Morgan fingerprint density at radius 2 is 1.93 bits per heavy atom. The molecule has 0 aromatic heterocycles. The summed E-state index contributed by atoms with van der Waals surface area (Å²) in [5, 5.41) is 10.4. The van der Waals surface area contributed by atoms with Crippen LogP contribution < -0.4 is 4.90 Å². The number of rotatable bonds is 4. The third-order valence-electron chi connectivity index (χ3n) is 4.92. The number of phenolic OH excluding ortho intramolecular Hbond substituents is 1. The van der Waals surface area contributed by atoms with Gasteiger partial charge in [-0.2, -0.15) is 0 Å². The van der Waals surface area contributed by atoms with E-state index in [1.807, 2.05) is 31.2 Å². The Labute approximate surface area is 193 Å². The number of phenols is 1. The van der Waals surface area contributed by atoms with Crippen LogP contribution in [-0.4, -0.2) is 53.9 Å². The van der Waals surface area contributed by atoms with Crippen LogP contribution in [0.4, 0.5) is 11.4 Å². The zero-order valence-electron chi connectivity index (χ0n) is 16.5. The number of halogens is 1. The Kier molecular flexibility index (Phi) is 6.64. The number of amides is 1. The van der Waals surface area contributed by atoms with Crippen LogP contribution in [0.25, 0.3) is 6.08 Å². The highest BCUT2D eigenvalue weighted by atomic mass is 127. The highest BCUT2D eigenvalue weighted by Crippen LogP contribution is 2.35. The van der Waals surface area contributed by atoms with Crippen molar-refractivity contribution in [1.29, 1.82) is 0 Å². The molecule has 2 aromatic carbocycles. The minimum absolute atomic E-state index is 0.0470. The quantitative estimate of drug-likeness (QED) is 0.463. The van der Waals surface area contributed by atoms with Crippen molar-refractivity contribution in [2.45, 2.75) is 6.92 Å². The van der Waals surface area contributed by atoms with Gasteiger partial charge in [0.05, 0.1) is 27.4 Å². The first-order valence-corrected chi connectivity index (χ1v) is 11.7. The fraction of sp³-hybridized carbons (Fsp3) is 0.273. The predicted octanol–water partition coefficient (Wildman–Crippen LogP) is 4.46. The number of benzene rings is 2. The molecule has 1 N–H and O–H groups in total. The maximum atomic E-state index is 12.8. The maximum Gasteiger partial charge on any atom is 0.266 e. The molecule has 0 radical (unpaired) electrons. The number of ether oxygens (including phenoxy) is 1. The Morgan fingerprint density at radius 3 is 2.60 bits per heavy atom. The van der Waals surface area contributed by atoms with Crippen LogP contribution in [-0.2, 0) is 9.53 Å². The van der Waals surface area contributed by atoms with Gasteiger partial charge in [-0.1, -0.05) is 6.07 Å². The smallest absolute Gasteiger partial charge is 0.266 e. The number of morpholine rings is 1. The molecule has 1 amide bonds. The third kappa shape index (κ3) is 4.65. The average Bonchev–Trinajstić information content (AvgIpc) is 3.05. The lowest BCUT2D eigenvalue weighted by Gasteiger charge is -2.28. The third-order valence-corrected chi connectivity index (χ3v) is 6.80. The highest BCUT2D eigenvalue weighted by Gasteiger charge is 2.32. The molecule has 8 heteroatoms. The van der Waals surface area contributed by atoms with Crippen molar-refractivity contribution >= 4 is 62.9 Å². The highest BCUT2D eigenvalue weighted by molar-refractivity contribution is 14.1. The van der Waals surface area contributed by atoms with Gasteiger partial charge in [-0.05, 0) is 89.3 Å². The van der Waals surface area contributed by atoms with E-state index in [0.29, 0.717) is 16.6 Å². The second kappa shape index (κ2) is 9.40. The fourth-order valence-corrected chi connectivity index (χ4v) is 4.91. The molecule has 6 nitrogen and oxygen atoms in total. The first-order chi connectivity index (χ1) is 14.5. The Balaban J connectivity index is 1.55. The molecule has 30 heavy (non-hydrogen) atoms. The predicted molar refractivity (Wildman–Crippen MR) is 130 cm³/mol. The van der Waals surface area contributed by atoms with Crippen molar-refractivity contribution in [3.8, 4) is 5.75 Å². The molecular formula is C22H22IN3O3S. The molecule has 2 aliphatic heterocycles. The summed E-state index contributed by atoms with van der Waals surface area (Å²) in [6.45, 7) is 5.80. The van der Waals surface area contributed by atoms with Crippen molar-refractivity contribution in [2.75, 3.05) is 37.7 Å². The molecule has 2 heterocycles. The zero-order chi connectivity index (χ0) is 21.1. The number of likely N-dealkylation sites (N-methyl/N-ethyl adjacent to an activating group) is 1. The number of thioether (sulfide) groups is 1. The second-order valence-corrected chi connectivity index (χ2v) is 9.05. The van der Waals surface area contributed by atoms with E-state index >= 15 is 0 Å². The van der Waals surface area contributed by atoms with Gasteiger partial charge in [-0.3, -0.25) is 9.69 Å². The normalized spacial score (nSPS) is 19.9. The van der Waals surface area contributed by atoms with Crippen LogP contribution in [0.2, 0.25) is 0 Å². The van der Waals surface area contributed by atoms with Crippen LogP contribution in [0, 0.1) is 3.57 Å². The van der Waals surface area contributed by atoms with Crippen molar-refractivity contribution < 1.29 is 14.6 Å². The van der Waals surface area contributed by atoms with Crippen LogP contribution in [0.5, 0.6) is 5.75 Å². The lowest BCUT2D eigenvalue weighted by Crippen LogP contribution is -2.36. The fourth-order valence-electron chi connectivity index (χ4n) is 3.30. The molecule has 0 bridgehead atoms. The van der Waals surface area contributed by atoms with E-state index < -0.39 is 0 Å². The molecule has 2 aromatic rings. The summed E-state index contributed by atoms with van der Waals surface area (Å²) in [5.41, 5.74) is 2.86. The molecular weight excluding hydrogens is 513 g/mol. The average molecular weight is 535 g/mol. The van der Waals surface area contributed by atoms with Gasteiger partial charge in [0, 0.05) is 25.3 Å². The molecule has 156 valence electrons. The number of carbonyl (C=O) groups excluding carboxylic acids is 1. The summed E-state index contributed by atoms with van der Waals surface area (Å²) < 4.78 is 6.16. The van der Waals surface area contributed by atoms with Crippen molar-refractivity contribution in [3.05, 3.63) is 56.5 Å². The molecule has 0 saturated carbocycles. The minimum Gasteiger partial charge on any atom is -0.507 e.